The highest BCUT2D eigenvalue weighted by molar-refractivity contribution is 5.27. The van der Waals surface area contributed by atoms with E-state index in [0.29, 0.717) is 0 Å². The van der Waals surface area contributed by atoms with E-state index >= 15 is 0 Å². The monoisotopic (exact) mass is 325 g/mol. The van der Waals surface area contributed by atoms with Crippen molar-refractivity contribution in [2.75, 3.05) is 26.2 Å². The molecule has 0 radical (unpaired) electrons. The number of hydrogen-bond donors (Lipinski definition) is 0. The van der Waals surface area contributed by atoms with Crippen LogP contribution >= 0.6 is 0 Å². The Hall–Kier alpha value is -1.64. The number of likely N-dealkylation sites (N-methyl/N-ethyl adjacent to an activating group) is 1. The van der Waals surface area contributed by atoms with Gasteiger partial charge in [-0.1, -0.05) is 73.5 Å². The van der Waals surface area contributed by atoms with Gasteiger partial charge in [0.2, 0.25) is 0 Å². The van der Waals surface area contributed by atoms with Gasteiger partial charge in [-0.15, -0.1) is 0 Å². The van der Waals surface area contributed by atoms with Crippen LogP contribution in [0.2, 0.25) is 0 Å². The van der Waals surface area contributed by atoms with Crippen molar-refractivity contribution in [3.63, 3.8) is 0 Å². The number of nitrogens with zero attached hydrogens (tertiary/aromatic N) is 1. The lowest BCUT2D eigenvalue weighted by molar-refractivity contribution is 0.0383. The average Bonchev–Trinajstić information content (AvgIpc) is 2.60. The molecular formula is C22H31NO. The molecule has 2 heteroatoms. The van der Waals surface area contributed by atoms with Gasteiger partial charge >= 0.3 is 0 Å². The Balaban J connectivity index is 2.05. The second-order valence-corrected chi connectivity index (χ2v) is 6.49. The zero-order chi connectivity index (χ0) is 17.4. The van der Waals surface area contributed by atoms with E-state index in [-0.39, 0.29) is 6.10 Å². The third kappa shape index (κ3) is 5.77. The molecule has 1 unspecified atom stereocenters. The van der Waals surface area contributed by atoms with E-state index in [1.165, 1.54) is 22.3 Å². The summed E-state index contributed by atoms with van der Waals surface area (Å²) < 4.78 is 6.29. The van der Waals surface area contributed by atoms with Crippen LogP contribution in [0.25, 0.3) is 0 Å². The van der Waals surface area contributed by atoms with Crippen molar-refractivity contribution in [2.24, 2.45) is 0 Å². The van der Waals surface area contributed by atoms with E-state index in [1.54, 1.807) is 0 Å². The van der Waals surface area contributed by atoms with Gasteiger partial charge in [0, 0.05) is 13.0 Å². The highest BCUT2D eigenvalue weighted by atomic mass is 16.5. The van der Waals surface area contributed by atoms with Crippen LogP contribution in [-0.4, -0.2) is 31.1 Å². The molecule has 2 rings (SSSR count). The number of benzene rings is 2. The molecule has 2 nitrogen and oxygen atoms in total. The summed E-state index contributed by atoms with van der Waals surface area (Å²) in [4.78, 5) is 2.40. The van der Waals surface area contributed by atoms with E-state index in [4.69, 9.17) is 4.74 Å². The Bertz CT molecular complexity index is 584. The van der Waals surface area contributed by atoms with Crippen molar-refractivity contribution in [3.05, 3.63) is 70.8 Å². The molecule has 0 bridgehead atoms. The lowest BCUT2D eigenvalue weighted by Crippen LogP contribution is -2.27. The first kappa shape index (κ1) is 18.7. The number of aryl methyl sites for hydroxylation is 2. The molecule has 0 aliphatic heterocycles. The van der Waals surface area contributed by atoms with Crippen LogP contribution in [0.4, 0.5) is 0 Å². The fraction of sp³-hybridized carbons (Fsp3) is 0.455. The summed E-state index contributed by atoms with van der Waals surface area (Å²) in [7, 11) is 0. The van der Waals surface area contributed by atoms with Gasteiger partial charge < -0.3 is 9.64 Å². The maximum absolute atomic E-state index is 6.29. The van der Waals surface area contributed by atoms with E-state index < -0.39 is 0 Å². The molecule has 24 heavy (non-hydrogen) atoms. The first-order chi connectivity index (χ1) is 11.6. The minimum Gasteiger partial charge on any atom is -0.372 e. The van der Waals surface area contributed by atoms with Crippen LogP contribution < -0.4 is 0 Å². The van der Waals surface area contributed by atoms with Crippen molar-refractivity contribution in [1.82, 2.24) is 4.90 Å². The maximum Gasteiger partial charge on any atom is 0.0865 e. The Morgan fingerprint density at radius 2 is 1.38 bits per heavy atom. The van der Waals surface area contributed by atoms with Crippen LogP contribution in [0.1, 0.15) is 42.2 Å². The van der Waals surface area contributed by atoms with Gasteiger partial charge in [-0.25, -0.2) is 0 Å². The van der Waals surface area contributed by atoms with Crippen molar-refractivity contribution >= 4 is 0 Å². The van der Waals surface area contributed by atoms with Gasteiger partial charge in [-0.3, -0.25) is 0 Å². The quantitative estimate of drug-likeness (QED) is 0.647. The molecule has 0 heterocycles. The Kier molecular flexibility index (Phi) is 7.48. The lowest BCUT2D eigenvalue weighted by Gasteiger charge is -2.22. The lowest BCUT2D eigenvalue weighted by atomic mass is 9.99. The highest BCUT2D eigenvalue weighted by Gasteiger charge is 2.13. The largest absolute Gasteiger partial charge is 0.372 e. The van der Waals surface area contributed by atoms with Gasteiger partial charge in [0.05, 0.1) is 12.7 Å². The van der Waals surface area contributed by atoms with Crippen LogP contribution in [0.3, 0.4) is 0 Å². The third-order valence-corrected chi connectivity index (χ3v) is 4.61. The number of ether oxygens (including phenoxy) is 1. The highest BCUT2D eigenvalue weighted by Crippen LogP contribution is 2.23. The third-order valence-electron chi connectivity index (χ3n) is 4.61. The molecule has 0 aliphatic carbocycles. The fourth-order valence-electron chi connectivity index (χ4n) is 2.86. The van der Waals surface area contributed by atoms with Gasteiger partial charge in [0.1, 0.15) is 0 Å². The van der Waals surface area contributed by atoms with E-state index in [0.717, 1.165) is 32.7 Å². The summed E-state index contributed by atoms with van der Waals surface area (Å²) >= 11 is 0. The molecule has 0 spiro atoms. The van der Waals surface area contributed by atoms with E-state index in [2.05, 4.69) is 81.1 Å². The Labute approximate surface area is 147 Å². The summed E-state index contributed by atoms with van der Waals surface area (Å²) in [5.41, 5.74) is 5.18. The maximum atomic E-state index is 6.29. The van der Waals surface area contributed by atoms with Gasteiger partial charge in [0.25, 0.3) is 0 Å². The minimum absolute atomic E-state index is 0.115. The molecule has 130 valence electrons. The molecular weight excluding hydrogens is 294 g/mol. The standard InChI is InChI=1S/C22H31NO/c1-5-23(6-2)15-16-24-22(21-13-9-19(4)10-14-21)17-20-11-7-18(3)8-12-20/h7-14,22H,5-6,15-17H2,1-4H3. The predicted octanol–water partition coefficient (Wildman–Crippen LogP) is 4.95. The SMILES string of the molecule is CCN(CC)CCOC(Cc1ccc(C)cc1)c1ccc(C)cc1. The Morgan fingerprint density at radius 3 is 1.92 bits per heavy atom. The van der Waals surface area contributed by atoms with Crippen LogP contribution in [0.5, 0.6) is 0 Å². The molecule has 0 aliphatic rings. The van der Waals surface area contributed by atoms with Crippen LogP contribution in [0, 0.1) is 13.8 Å². The van der Waals surface area contributed by atoms with Crippen molar-refractivity contribution in [3.8, 4) is 0 Å². The smallest absolute Gasteiger partial charge is 0.0865 e. The predicted molar refractivity (Wildman–Crippen MR) is 103 cm³/mol. The normalized spacial score (nSPS) is 12.5. The van der Waals surface area contributed by atoms with Gasteiger partial charge in [-0.2, -0.15) is 0 Å². The molecule has 0 N–H and O–H groups in total. The molecule has 2 aromatic rings. The van der Waals surface area contributed by atoms with Crippen LogP contribution in [0.15, 0.2) is 48.5 Å². The summed E-state index contributed by atoms with van der Waals surface area (Å²) in [5.74, 6) is 0. The van der Waals surface area contributed by atoms with Crippen molar-refractivity contribution in [1.29, 1.82) is 0 Å². The molecule has 0 saturated heterocycles. The summed E-state index contributed by atoms with van der Waals surface area (Å²) in [5, 5.41) is 0. The summed E-state index contributed by atoms with van der Waals surface area (Å²) in [6, 6.07) is 17.5. The topological polar surface area (TPSA) is 12.5 Å². The molecule has 0 aromatic heterocycles. The second kappa shape index (κ2) is 9.61. The second-order valence-electron chi connectivity index (χ2n) is 6.49. The molecule has 1 atom stereocenters. The molecule has 2 aromatic carbocycles. The van der Waals surface area contributed by atoms with Crippen molar-refractivity contribution in [2.45, 2.75) is 40.2 Å². The van der Waals surface area contributed by atoms with Crippen molar-refractivity contribution < 1.29 is 4.74 Å². The zero-order valence-corrected chi connectivity index (χ0v) is 15.6. The summed E-state index contributed by atoms with van der Waals surface area (Å²) in [6.07, 6.45) is 1.03. The molecule has 0 fully saturated rings. The van der Waals surface area contributed by atoms with Gasteiger partial charge in [0.15, 0.2) is 0 Å². The summed E-state index contributed by atoms with van der Waals surface area (Å²) in [6.45, 7) is 12.6. The van der Waals surface area contributed by atoms with Gasteiger partial charge in [-0.05, 0) is 38.1 Å². The van der Waals surface area contributed by atoms with E-state index in [9.17, 15) is 0 Å². The number of rotatable bonds is 9. The Morgan fingerprint density at radius 1 is 0.833 bits per heavy atom. The van der Waals surface area contributed by atoms with Crippen LogP contribution in [-0.2, 0) is 11.2 Å². The molecule has 0 amide bonds. The average molecular weight is 325 g/mol. The zero-order valence-electron chi connectivity index (χ0n) is 15.6. The fourth-order valence-corrected chi connectivity index (χ4v) is 2.86. The molecule has 0 saturated carbocycles. The van der Waals surface area contributed by atoms with E-state index in [1.807, 2.05) is 0 Å². The first-order valence-electron chi connectivity index (χ1n) is 9.08. The first-order valence-corrected chi connectivity index (χ1v) is 9.08. The number of hydrogen-bond acceptors (Lipinski definition) is 2. The minimum atomic E-state index is 0.115.